The van der Waals surface area contributed by atoms with Crippen molar-refractivity contribution >= 4 is 45.3 Å². The number of ether oxygens (including phenoxy) is 4. The van der Waals surface area contributed by atoms with Crippen LogP contribution < -0.4 is 11.1 Å². The Morgan fingerprint density at radius 1 is 0.552 bits per heavy atom. The van der Waals surface area contributed by atoms with E-state index in [1.54, 1.807) is 52.3 Å². The zero-order valence-electron chi connectivity index (χ0n) is 34.8. The lowest BCUT2D eigenvalue weighted by molar-refractivity contribution is -0.144. The van der Waals surface area contributed by atoms with Gasteiger partial charge in [-0.3, -0.25) is 37.9 Å². The Hall–Kier alpha value is -4.94. The molecular formula is C46H58N2O10. The van der Waals surface area contributed by atoms with E-state index in [4.69, 9.17) is 18.9 Å². The molecule has 0 radical (unpaired) electrons. The monoisotopic (exact) mass is 798 g/mol. The van der Waals surface area contributed by atoms with E-state index in [0.717, 1.165) is 62.1 Å². The van der Waals surface area contributed by atoms with Crippen molar-refractivity contribution < 1.29 is 38.1 Å². The van der Waals surface area contributed by atoms with E-state index < -0.39 is 11.9 Å². The van der Waals surface area contributed by atoms with Crippen LogP contribution in [0.3, 0.4) is 0 Å². The summed E-state index contributed by atoms with van der Waals surface area (Å²) in [6, 6.07) is 14.4. The summed E-state index contributed by atoms with van der Waals surface area (Å²) in [4.78, 5) is 75.5. The lowest BCUT2D eigenvalue weighted by atomic mass is 9.82. The van der Waals surface area contributed by atoms with Gasteiger partial charge in [0.25, 0.3) is 11.1 Å². The Balaban J connectivity index is 0.000000221. The lowest BCUT2D eigenvalue weighted by Gasteiger charge is -2.26. The molecule has 0 aliphatic heterocycles. The molecule has 12 heteroatoms. The second kappa shape index (κ2) is 20.7. The van der Waals surface area contributed by atoms with Gasteiger partial charge in [-0.1, -0.05) is 13.8 Å². The van der Waals surface area contributed by atoms with E-state index in [0.29, 0.717) is 46.1 Å². The van der Waals surface area contributed by atoms with Crippen LogP contribution in [-0.2, 0) is 54.5 Å². The molecule has 0 N–H and O–H groups in total. The molecule has 2 fully saturated rings. The van der Waals surface area contributed by atoms with Gasteiger partial charge in [-0.25, -0.2) is 0 Å². The van der Waals surface area contributed by atoms with Crippen molar-refractivity contribution in [2.24, 2.45) is 11.8 Å². The van der Waals surface area contributed by atoms with E-state index >= 15 is 0 Å². The van der Waals surface area contributed by atoms with E-state index in [9.17, 15) is 28.8 Å². The summed E-state index contributed by atoms with van der Waals surface area (Å²) >= 11 is 0. The van der Waals surface area contributed by atoms with Crippen LogP contribution >= 0.6 is 0 Å². The topological polar surface area (TPSA) is 149 Å². The third kappa shape index (κ3) is 10.4. The molecule has 0 amide bonds. The van der Waals surface area contributed by atoms with Crippen LogP contribution in [0.1, 0.15) is 111 Å². The van der Waals surface area contributed by atoms with Gasteiger partial charge >= 0.3 is 11.9 Å². The van der Waals surface area contributed by atoms with Gasteiger partial charge in [0.05, 0.1) is 36.5 Å². The van der Waals surface area contributed by atoms with Gasteiger partial charge in [-0.05, 0) is 137 Å². The number of fused-ring (bicyclic) bond motifs is 2. The minimum Gasteiger partial charge on any atom is -0.465 e. The fraction of sp³-hybridized carbons (Fsp3) is 0.522. The first kappa shape index (κ1) is 44.2. The number of hydrogen-bond acceptors (Lipinski definition) is 10. The van der Waals surface area contributed by atoms with Gasteiger partial charge in [0.1, 0.15) is 13.1 Å². The number of ketones is 2. The molecule has 2 aliphatic carbocycles. The summed E-state index contributed by atoms with van der Waals surface area (Å²) in [7, 11) is 3.44. The second-order valence-electron chi connectivity index (χ2n) is 15.1. The number of carbonyl (C=O) groups is 4. The van der Waals surface area contributed by atoms with E-state index in [1.165, 1.54) is 9.13 Å². The molecule has 58 heavy (non-hydrogen) atoms. The standard InChI is InChI=1S/2C23H29NO5/c2*1-4-15-12-18-13-17(22(26)16-6-9-19(28-3)10-7-16)8-11-20(18)24(23(15)27)14-21(25)29-5-2/h2*8,11-13,16,19H,4-7,9-10,14H2,1-3H3. The number of carbonyl (C=O) groups excluding carboxylic acids is 4. The fourth-order valence-electron chi connectivity index (χ4n) is 8.29. The van der Waals surface area contributed by atoms with Crippen LogP contribution in [0.2, 0.25) is 0 Å². The maximum atomic E-state index is 13.0. The molecule has 0 atom stereocenters. The molecule has 2 aromatic carbocycles. The van der Waals surface area contributed by atoms with Crippen LogP contribution in [0, 0.1) is 11.8 Å². The summed E-state index contributed by atoms with van der Waals surface area (Å²) in [6.45, 7) is 7.54. The molecule has 2 aliphatic rings. The minimum atomic E-state index is -0.445. The van der Waals surface area contributed by atoms with Crippen molar-refractivity contribution in [3.63, 3.8) is 0 Å². The van der Waals surface area contributed by atoms with Gasteiger partial charge in [-0.15, -0.1) is 0 Å². The molecule has 0 spiro atoms. The van der Waals surface area contributed by atoms with Crippen molar-refractivity contribution in [1.82, 2.24) is 9.13 Å². The molecular weight excluding hydrogens is 741 g/mol. The van der Waals surface area contributed by atoms with Crippen LogP contribution in [0.4, 0.5) is 0 Å². The van der Waals surface area contributed by atoms with Crippen LogP contribution in [-0.4, -0.2) is 72.3 Å². The molecule has 2 saturated carbocycles. The van der Waals surface area contributed by atoms with Crippen molar-refractivity contribution in [2.75, 3.05) is 27.4 Å². The molecule has 312 valence electrons. The van der Waals surface area contributed by atoms with E-state index in [1.807, 2.05) is 38.1 Å². The highest BCUT2D eigenvalue weighted by atomic mass is 16.5. The van der Waals surface area contributed by atoms with Crippen molar-refractivity contribution in [3.8, 4) is 0 Å². The lowest BCUT2D eigenvalue weighted by Crippen LogP contribution is -2.28. The average Bonchev–Trinajstić information content (AvgIpc) is 3.25. The summed E-state index contributed by atoms with van der Waals surface area (Å²) in [5, 5.41) is 1.59. The molecule has 2 aromatic heterocycles. The summed E-state index contributed by atoms with van der Waals surface area (Å²) in [5.74, 6) is -0.589. The van der Waals surface area contributed by atoms with Crippen molar-refractivity contribution in [2.45, 2.75) is 117 Å². The van der Waals surface area contributed by atoms with Crippen molar-refractivity contribution in [3.05, 3.63) is 91.5 Å². The number of methoxy groups -OCH3 is 2. The smallest absolute Gasteiger partial charge is 0.326 e. The normalized spacial score (nSPS) is 19.3. The Morgan fingerprint density at radius 2 is 0.914 bits per heavy atom. The Morgan fingerprint density at radius 3 is 1.22 bits per heavy atom. The number of esters is 2. The number of nitrogens with zero attached hydrogens (tertiary/aromatic N) is 2. The van der Waals surface area contributed by atoms with Gasteiger partial charge in [0.2, 0.25) is 0 Å². The zero-order valence-corrected chi connectivity index (χ0v) is 34.8. The first-order valence-electron chi connectivity index (χ1n) is 20.7. The maximum Gasteiger partial charge on any atom is 0.326 e. The van der Waals surface area contributed by atoms with Crippen LogP contribution in [0.5, 0.6) is 0 Å². The average molecular weight is 799 g/mol. The molecule has 0 bridgehead atoms. The van der Waals surface area contributed by atoms with E-state index in [-0.39, 0.29) is 73.0 Å². The number of Topliss-reactive ketones (excluding diaryl/α,β-unsaturated/α-hetero) is 2. The van der Waals surface area contributed by atoms with E-state index in [2.05, 4.69) is 0 Å². The van der Waals surface area contributed by atoms with Gasteiger partial charge < -0.3 is 18.9 Å². The number of aromatic nitrogens is 2. The molecule has 12 nitrogen and oxygen atoms in total. The largest absolute Gasteiger partial charge is 0.465 e. The summed E-state index contributed by atoms with van der Waals surface area (Å²) < 4.78 is 23.7. The molecule has 2 heterocycles. The predicted molar refractivity (Wildman–Crippen MR) is 223 cm³/mol. The quantitative estimate of drug-likeness (QED) is 0.0962. The SMILES string of the molecule is CCOC(=O)Cn1c(=O)c(CC)cc2cc(C(=O)C3CCC(OC)CC3)ccc21.CCOC(=O)Cn1c(=O)c(CC)cc2cc(C(=O)C3CCC(OC)CC3)ccc21. The number of aryl methyl sites for hydroxylation is 2. The third-order valence-electron chi connectivity index (χ3n) is 11.6. The predicted octanol–water partition coefficient (Wildman–Crippen LogP) is 7.03. The molecule has 4 aromatic rings. The highest BCUT2D eigenvalue weighted by Crippen LogP contribution is 2.31. The maximum absolute atomic E-state index is 13.0. The Bertz CT molecular complexity index is 2060. The third-order valence-corrected chi connectivity index (χ3v) is 11.6. The highest BCUT2D eigenvalue weighted by molar-refractivity contribution is 6.02. The number of benzene rings is 2. The number of pyridine rings is 2. The van der Waals surface area contributed by atoms with Gasteiger partial charge in [-0.2, -0.15) is 0 Å². The second-order valence-corrected chi connectivity index (χ2v) is 15.1. The summed E-state index contributed by atoms with van der Waals surface area (Å²) in [6.07, 6.45) is 8.54. The highest BCUT2D eigenvalue weighted by Gasteiger charge is 2.29. The first-order chi connectivity index (χ1) is 28.0. The Kier molecular flexibility index (Phi) is 15.7. The minimum absolute atomic E-state index is 0.00920. The fourth-order valence-corrected chi connectivity index (χ4v) is 8.29. The van der Waals surface area contributed by atoms with Gasteiger partial charge in [0, 0.05) is 48.3 Å². The zero-order chi connectivity index (χ0) is 41.9. The van der Waals surface area contributed by atoms with Gasteiger partial charge in [0.15, 0.2) is 11.6 Å². The Labute approximate surface area is 339 Å². The van der Waals surface area contributed by atoms with Crippen LogP contribution in [0.25, 0.3) is 21.8 Å². The van der Waals surface area contributed by atoms with Crippen molar-refractivity contribution in [1.29, 1.82) is 0 Å². The summed E-state index contributed by atoms with van der Waals surface area (Å²) in [5.41, 5.74) is 3.44. The molecule has 0 unspecified atom stereocenters. The number of rotatable bonds is 14. The first-order valence-corrected chi connectivity index (χ1v) is 20.7. The van der Waals surface area contributed by atoms with Crippen LogP contribution in [0.15, 0.2) is 58.1 Å². The number of hydrogen-bond donors (Lipinski definition) is 0. The molecule has 6 rings (SSSR count). The molecule has 0 saturated heterocycles.